The van der Waals surface area contributed by atoms with Gasteiger partial charge in [-0.15, -0.1) is 11.3 Å². The molecule has 0 N–H and O–H groups in total. The van der Waals surface area contributed by atoms with Gasteiger partial charge in [0.25, 0.3) is 0 Å². The number of anilines is 2. The molecule has 5 heteroatoms. The average Bonchev–Trinajstić information content (AvgIpc) is 3.27. The zero-order valence-electron chi connectivity index (χ0n) is 14.5. The lowest BCUT2D eigenvalue weighted by molar-refractivity contribution is 0.0645. The molecule has 0 atom stereocenters. The zero-order chi connectivity index (χ0) is 16.4. The highest BCUT2D eigenvalue weighted by Crippen LogP contribution is 2.43. The van der Waals surface area contributed by atoms with E-state index in [0.717, 1.165) is 13.2 Å². The van der Waals surface area contributed by atoms with Crippen LogP contribution in [0.25, 0.3) is 0 Å². The minimum Gasteiger partial charge on any atom is -0.326 e. The van der Waals surface area contributed by atoms with Crippen molar-refractivity contribution in [3.05, 3.63) is 35.5 Å². The molecule has 1 aromatic rings. The summed E-state index contributed by atoms with van der Waals surface area (Å²) in [5.41, 5.74) is 2.42. The van der Waals surface area contributed by atoms with Crippen molar-refractivity contribution in [1.82, 2.24) is 4.90 Å². The third-order valence-corrected chi connectivity index (χ3v) is 6.15. The summed E-state index contributed by atoms with van der Waals surface area (Å²) in [4.78, 5) is 11.2. The molecule has 3 aliphatic heterocycles. The van der Waals surface area contributed by atoms with Gasteiger partial charge in [0.05, 0.1) is 18.5 Å². The molecule has 0 aromatic carbocycles. The van der Waals surface area contributed by atoms with Gasteiger partial charge in [-0.1, -0.05) is 19.4 Å². The van der Waals surface area contributed by atoms with Crippen molar-refractivity contribution in [3.8, 4) is 0 Å². The first-order valence-electron chi connectivity index (χ1n) is 9.23. The fraction of sp³-hybridized carbons (Fsp3) is 0.579. The number of hydroxylamine groups is 1. The van der Waals surface area contributed by atoms with Gasteiger partial charge in [-0.25, -0.2) is 5.06 Å². The molecule has 4 nitrogen and oxygen atoms in total. The lowest BCUT2D eigenvalue weighted by Crippen LogP contribution is -2.37. The SMILES string of the molecule is CCCCN1CCC(CON2C=C3C=CCN3c3sccc32)CC1. The Bertz CT molecular complexity index is 616. The van der Waals surface area contributed by atoms with Crippen LogP contribution in [-0.4, -0.2) is 37.7 Å². The van der Waals surface area contributed by atoms with Crippen molar-refractivity contribution < 1.29 is 4.84 Å². The maximum Gasteiger partial charge on any atom is 0.122 e. The summed E-state index contributed by atoms with van der Waals surface area (Å²) in [7, 11) is 0. The van der Waals surface area contributed by atoms with Gasteiger partial charge in [-0.05, 0) is 62.3 Å². The minimum absolute atomic E-state index is 0.681. The van der Waals surface area contributed by atoms with Crippen molar-refractivity contribution in [2.45, 2.75) is 32.6 Å². The third-order valence-electron chi connectivity index (χ3n) is 5.23. The molecule has 0 spiro atoms. The number of piperidine rings is 1. The predicted molar refractivity (Wildman–Crippen MR) is 101 cm³/mol. The Balaban J connectivity index is 1.32. The smallest absolute Gasteiger partial charge is 0.122 e. The van der Waals surface area contributed by atoms with E-state index in [1.54, 1.807) is 11.3 Å². The fourth-order valence-electron chi connectivity index (χ4n) is 3.69. The molecular formula is C19H27N3OS. The van der Waals surface area contributed by atoms with E-state index < -0.39 is 0 Å². The standard InChI is InChI=1S/C19H27N3OS/c1-2-3-9-20-11-6-16(7-12-20)15-23-22-14-17-5-4-10-21(17)19-18(22)8-13-24-19/h4-5,8,13-14,16H,2-3,6-7,9-12,15H2,1H3. The molecule has 3 aliphatic rings. The van der Waals surface area contributed by atoms with Crippen LogP contribution in [-0.2, 0) is 4.84 Å². The maximum absolute atomic E-state index is 6.22. The van der Waals surface area contributed by atoms with Gasteiger partial charge in [0.1, 0.15) is 10.7 Å². The Morgan fingerprint density at radius 3 is 3.00 bits per heavy atom. The number of allylic oxidation sites excluding steroid dienone is 1. The number of unbranched alkanes of at least 4 members (excludes halogenated alkanes) is 1. The van der Waals surface area contributed by atoms with E-state index in [2.05, 4.69) is 46.5 Å². The second-order valence-electron chi connectivity index (χ2n) is 6.94. The van der Waals surface area contributed by atoms with Gasteiger partial charge in [0.15, 0.2) is 0 Å². The topological polar surface area (TPSA) is 19.0 Å². The molecule has 0 aliphatic carbocycles. The van der Waals surface area contributed by atoms with Crippen molar-refractivity contribution in [1.29, 1.82) is 0 Å². The second-order valence-corrected chi connectivity index (χ2v) is 7.83. The molecule has 1 fully saturated rings. The van der Waals surface area contributed by atoms with Gasteiger partial charge in [-0.2, -0.15) is 0 Å². The normalized spacial score (nSPS) is 21.1. The first-order chi connectivity index (χ1) is 11.8. The number of rotatable bonds is 6. The Labute approximate surface area is 148 Å². The van der Waals surface area contributed by atoms with Crippen molar-refractivity contribution in [2.75, 3.05) is 42.7 Å². The summed E-state index contributed by atoms with van der Waals surface area (Å²) in [6.45, 7) is 7.80. The van der Waals surface area contributed by atoms with Crippen LogP contribution in [0.15, 0.2) is 35.5 Å². The van der Waals surface area contributed by atoms with Gasteiger partial charge in [-0.3, -0.25) is 4.84 Å². The predicted octanol–water partition coefficient (Wildman–Crippen LogP) is 4.23. The van der Waals surface area contributed by atoms with E-state index in [0.29, 0.717) is 5.92 Å². The molecule has 0 unspecified atom stereocenters. The first-order valence-corrected chi connectivity index (χ1v) is 10.1. The summed E-state index contributed by atoms with van der Waals surface area (Å²) in [5.74, 6) is 0.681. The zero-order valence-corrected chi connectivity index (χ0v) is 15.3. The van der Waals surface area contributed by atoms with Crippen LogP contribution < -0.4 is 9.96 Å². The molecule has 4 rings (SSSR count). The fourth-order valence-corrected chi connectivity index (χ4v) is 4.60. The lowest BCUT2D eigenvalue weighted by atomic mass is 9.98. The van der Waals surface area contributed by atoms with Crippen LogP contribution in [0.3, 0.4) is 0 Å². The van der Waals surface area contributed by atoms with Crippen LogP contribution in [0.4, 0.5) is 10.7 Å². The summed E-state index contributed by atoms with van der Waals surface area (Å²) >= 11 is 1.79. The first kappa shape index (κ1) is 16.2. The number of nitrogens with zero attached hydrogens (tertiary/aromatic N) is 3. The number of thiophene rings is 1. The van der Waals surface area contributed by atoms with Gasteiger partial charge >= 0.3 is 0 Å². The Hall–Kier alpha value is -1.30. The summed E-state index contributed by atoms with van der Waals surface area (Å²) in [5, 5.41) is 5.45. The largest absolute Gasteiger partial charge is 0.326 e. The maximum atomic E-state index is 6.22. The molecule has 130 valence electrons. The van der Waals surface area contributed by atoms with E-state index in [1.807, 2.05) is 5.06 Å². The van der Waals surface area contributed by atoms with Crippen LogP contribution in [0.1, 0.15) is 32.6 Å². The highest BCUT2D eigenvalue weighted by molar-refractivity contribution is 7.15. The monoisotopic (exact) mass is 345 g/mol. The Morgan fingerprint density at radius 2 is 2.17 bits per heavy atom. The van der Waals surface area contributed by atoms with E-state index in [9.17, 15) is 0 Å². The molecule has 4 heterocycles. The summed E-state index contributed by atoms with van der Waals surface area (Å²) in [6.07, 6.45) is 11.7. The molecular weight excluding hydrogens is 318 g/mol. The molecule has 0 amide bonds. The van der Waals surface area contributed by atoms with Crippen molar-refractivity contribution in [2.24, 2.45) is 5.92 Å². The second kappa shape index (κ2) is 7.30. The van der Waals surface area contributed by atoms with Crippen LogP contribution in [0.2, 0.25) is 0 Å². The van der Waals surface area contributed by atoms with E-state index >= 15 is 0 Å². The van der Waals surface area contributed by atoms with Crippen molar-refractivity contribution >= 4 is 22.0 Å². The molecule has 0 radical (unpaired) electrons. The quantitative estimate of drug-likeness (QED) is 0.768. The average molecular weight is 346 g/mol. The Morgan fingerprint density at radius 1 is 1.29 bits per heavy atom. The lowest BCUT2D eigenvalue weighted by Gasteiger charge is -2.34. The van der Waals surface area contributed by atoms with Crippen molar-refractivity contribution in [3.63, 3.8) is 0 Å². The van der Waals surface area contributed by atoms with Crippen LogP contribution >= 0.6 is 11.3 Å². The van der Waals surface area contributed by atoms with Crippen LogP contribution in [0, 0.1) is 5.92 Å². The number of likely N-dealkylation sites (tertiary alicyclic amines) is 1. The summed E-state index contributed by atoms with van der Waals surface area (Å²) < 4.78 is 0. The molecule has 1 aromatic heterocycles. The minimum atomic E-state index is 0.681. The molecule has 24 heavy (non-hydrogen) atoms. The molecule has 1 saturated heterocycles. The molecule has 0 saturated carbocycles. The number of hydrogen-bond acceptors (Lipinski definition) is 5. The highest BCUT2D eigenvalue weighted by atomic mass is 32.1. The highest BCUT2D eigenvalue weighted by Gasteiger charge is 2.28. The van der Waals surface area contributed by atoms with E-state index in [4.69, 9.17) is 4.84 Å². The number of hydrogen-bond donors (Lipinski definition) is 0. The van der Waals surface area contributed by atoms with E-state index in [-0.39, 0.29) is 0 Å². The van der Waals surface area contributed by atoms with Gasteiger partial charge in [0, 0.05) is 6.54 Å². The number of fused-ring (bicyclic) bond motifs is 3. The van der Waals surface area contributed by atoms with Gasteiger partial charge < -0.3 is 9.80 Å². The van der Waals surface area contributed by atoms with Gasteiger partial charge in [0.2, 0.25) is 0 Å². The third kappa shape index (κ3) is 3.25. The molecule has 0 bridgehead atoms. The summed E-state index contributed by atoms with van der Waals surface area (Å²) in [6, 6.07) is 2.17. The van der Waals surface area contributed by atoms with Crippen LogP contribution in [0.5, 0.6) is 0 Å². The Kier molecular flexibility index (Phi) is 4.92. The van der Waals surface area contributed by atoms with E-state index in [1.165, 1.54) is 61.7 Å².